The fraction of sp³-hybridized carbons (Fsp3) is 0.650. The highest BCUT2D eigenvalue weighted by Crippen LogP contribution is 2.45. The minimum Gasteiger partial charge on any atom is -0.490 e. The lowest BCUT2D eigenvalue weighted by Gasteiger charge is -2.44. The van der Waals surface area contributed by atoms with E-state index in [0.29, 0.717) is 25.8 Å². The van der Waals surface area contributed by atoms with Crippen LogP contribution in [0.4, 0.5) is 4.79 Å². The van der Waals surface area contributed by atoms with Crippen molar-refractivity contribution in [3.63, 3.8) is 0 Å². The molecule has 3 rings (SSSR count). The summed E-state index contributed by atoms with van der Waals surface area (Å²) in [4.78, 5) is 13.1. The van der Waals surface area contributed by atoms with Crippen LogP contribution in [-0.2, 0) is 14.8 Å². The lowest BCUT2D eigenvalue weighted by molar-refractivity contribution is 0.0130. The summed E-state index contributed by atoms with van der Waals surface area (Å²) in [5.41, 5.74) is 0.929. The number of ether oxygens (including phenoxy) is 1. The molecule has 8 nitrogen and oxygen atoms in total. The van der Waals surface area contributed by atoms with E-state index >= 15 is 0 Å². The number of hydrogen-bond donors (Lipinski definition) is 3. The molecule has 29 heavy (non-hydrogen) atoms. The Morgan fingerprint density at radius 1 is 1.21 bits per heavy atom. The molecule has 2 saturated heterocycles. The summed E-state index contributed by atoms with van der Waals surface area (Å²) in [7, 11) is 0. The van der Waals surface area contributed by atoms with Crippen LogP contribution in [0.2, 0.25) is 0 Å². The van der Waals surface area contributed by atoms with Crippen molar-refractivity contribution in [1.29, 1.82) is 0 Å². The molecule has 0 radical (unpaired) electrons. The summed E-state index contributed by atoms with van der Waals surface area (Å²) >= 11 is -3.32. The monoisotopic (exact) mass is 429 g/mol. The van der Waals surface area contributed by atoms with Gasteiger partial charge in [0, 0.05) is 31.3 Å². The van der Waals surface area contributed by atoms with E-state index in [1.54, 1.807) is 0 Å². The highest BCUT2D eigenvalue weighted by molar-refractivity contribution is 8.16. The van der Waals surface area contributed by atoms with Gasteiger partial charge in [-0.25, -0.2) is 4.79 Å². The molecule has 164 valence electrons. The van der Waals surface area contributed by atoms with E-state index in [4.69, 9.17) is 13.1 Å². The highest BCUT2D eigenvalue weighted by atomic mass is 32.3. The zero-order chi connectivity index (χ0) is 21.2. The first kappa shape index (κ1) is 22.2. The fourth-order valence-corrected chi connectivity index (χ4v) is 4.70. The maximum atomic E-state index is 11.6. The summed E-state index contributed by atoms with van der Waals surface area (Å²) in [6, 6.07) is 7.72. The number of rotatable bonds is 4. The molecule has 0 aliphatic carbocycles. The van der Waals surface area contributed by atoms with E-state index in [-0.39, 0.29) is 36.7 Å². The first-order chi connectivity index (χ1) is 13.5. The van der Waals surface area contributed by atoms with Crippen molar-refractivity contribution in [2.75, 3.05) is 19.8 Å². The number of amides is 1. The zero-order valence-corrected chi connectivity index (χ0v) is 17.9. The second kappa shape index (κ2) is 8.69. The molecule has 0 spiro atoms. The molecule has 2 aliphatic rings. The van der Waals surface area contributed by atoms with Crippen LogP contribution >= 0.6 is 11.2 Å². The van der Waals surface area contributed by atoms with Crippen molar-refractivity contribution < 1.29 is 32.1 Å². The van der Waals surface area contributed by atoms with Gasteiger partial charge in [0.1, 0.15) is 11.9 Å². The highest BCUT2D eigenvalue weighted by Gasteiger charge is 2.39. The zero-order valence-electron chi connectivity index (χ0n) is 17.1. The molecule has 1 aromatic carbocycles. The van der Waals surface area contributed by atoms with Crippen LogP contribution in [0.3, 0.4) is 0 Å². The van der Waals surface area contributed by atoms with Crippen LogP contribution in [0.15, 0.2) is 24.3 Å². The van der Waals surface area contributed by atoms with E-state index in [1.807, 2.05) is 24.3 Å². The van der Waals surface area contributed by atoms with Crippen LogP contribution < -0.4 is 4.74 Å². The molecule has 2 atom stereocenters. The maximum absolute atomic E-state index is 11.6. The van der Waals surface area contributed by atoms with Crippen LogP contribution in [0.25, 0.3) is 0 Å². The van der Waals surface area contributed by atoms with Gasteiger partial charge in [0.2, 0.25) is 11.2 Å². The number of benzene rings is 1. The maximum Gasteiger partial charge on any atom is 0.407 e. The molecule has 1 amide bonds. The van der Waals surface area contributed by atoms with E-state index in [0.717, 1.165) is 11.3 Å². The molecule has 1 aromatic rings. The number of carbonyl (C=O) groups is 1. The lowest BCUT2D eigenvalue weighted by atomic mass is 9.80. The first-order valence-corrected chi connectivity index (χ1v) is 11.3. The summed E-state index contributed by atoms with van der Waals surface area (Å²) in [5, 5.41) is 9.48. The normalized spacial score (nSPS) is 26.7. The topological polar surface area (TPSA) is 109 Å². The number of piperidine rings is 1. The number of nitrogens with zero attached hydrogens (tertiary/aromatic N) is 1. The van der Waals surface area contributed by atoms with Crippen molar-refractivity contribution in [1.82, 2.24) is 4.90 Å². The van der Waals surface area contributed by atoms with Gasteiger partial charge in [-0.1, -0.05) is 32.9 Å². The lowest BCUT2D eigenvalue weighted by Crippen LogP contribution is -2.53. The van der Waals surface area contributed by atoms with Crippen molar-refractivity contribution in [3.05, 3.63) is 29.8 Å². The van der Waals surface area contributed by atoms with Crippen molar-refractivity contribution >= 4 is 17.2 Å². The van der Waals surface area contributed by atoms with Gasteiger partial charge >= 0.3 is 6.09 Å². The predicted molar refractivity (Wildman–Crippen MR) is 110 cm³/mol. The summed E-state index contributed by atoms with van der Waals surface area (Å²) in [5.74, 6) is 0.829. The average molecular weight is 430 g/mol. The van der Waals surface area contributed by atoms with E-state index in [2.05, 4.69) is 20.8 Å². The van der Waals surface area contributed by atoms with Crippen molar-refractivity contribution in [3.8, 4) is 5.75 Å². The SMILES string of the molecule is CC(C)(C)C1CC(Oc2ccc(CC3COS(O)(O)OC3)cc2)CCN1C(=O)O. The Bertz CT molecular complexity index is 694. The summed E-state index contributed by atoms with van der Waals surface area (Å²) in [6.07, 6.45) is 1.15. The molecule has 2 heterocycles. The van der Waals surface area contributed by atoms with Crippen LogP contribution in [0.1, 0.15) is 39.2 Å². The number of carboxylic acid groups (broad SMARTS) is 1. The van der Waals surface area contributed by atoms with Crippen LogP contribution in [0.5, 0.6) is 5.75 Å². The van der Waals surface area contributed by atoms with Gasteiger partial charge < -0.3 is 14.7 Å². The minimum atomic E-state index is -3.32. The summed E-state index contributed by atoms with van der Waals surface area (Å²) < 4.78 is 34.6. The first-order valence-electron chi connectivity index (χ1n) is 9.85. The van der Waals surface area contributed by atoms with Gasteiger partial charge in [-0.3, -0.25) is 17.5 Å². The predicted octanol–water partition coefficient (Wildman–Crippen LogP) is 4.41. The second-order valence-electron chi connectivity index (χ2n) is 8.85. The van der Waals surface area contributed by atoms with Crippen LogP contribution in [-0.4, -0.2) is 57.1 Å². The largest absolute Gasteiger partial charge is 0.490 e. The Kier molecular flexibility index (Phi) is 6.64. The number of likely N-dealkylation sites (tertiary alicyclic amines) is 1. The Morgan fingerprint density at radius 3 is 2.38 bits per heavy atom. The smallest absolute Gasteiger partial charge is 0.407 e. The standard InChI is InChI=1S/C20H31NO7S/c1-20(2,3)18-11-17(8-9-21(18)19(22)23)28-16-6-4-14(5-7-16)10-15-12-26-29(24,25)27-13-15/h4-7,15,17-18,24-25H,8-13H2,1-3H3,(H,22,23). The Balaban J connectivity index is 1.55. The molecular formula is C20H31NO7S. The Hall–Kier alpha value is -1.52. The Labute approximate surface area is 173 Å². The van der Waals surface area contributed by atoms with Crippen molar-refractivity contribution in [2.45, 2.75) is 52.2 Å². The molecule has 0 saturated carbocycles. The van der Waals surface area contributed by atoms with Gasteiger partial charge in [-0.05, 0) is 29.5 Å². The number of hydrogen-bond acceptors (Lipinski definition) is 6. The molecule has 2 fully saturated rings. The Morgan fingerprint density at radius 2 is 1.83 bits per heavy atom. The van der Waals surface area contributed by atoms with Gasteiger partial charge in [0.25, 0.3) is 0 Å². The quantitative estimate of drug-likeness (QED) is 0.650. The van der Waals surface area contributed by atoms with E-state index in [1.165, 1.54) is 4.90 Å². The van der Waals surface area contributed by atoms with Crippen LogP contribution in [0, 0.1) is 11.3 Å². The van der Waals surface area contributed by atoms with E-state index in [9.17, 15) is 19.0 Å². The third kappa shape index (κ3) is 5.99. The summed E-state index contributed by atoms with van der Waals surface area (Å²) in [6.45, 7) is 7.14. The molecular weight excluding hydrogens is 398 g/mol. The van der Waals surface area contributed by atoms with Gasteiger partial charge in [0.15, 0.2) is 0 Å². The third-order valence-electron chi connectivity index (χ3n) is 5.46. The fourth-order valence-electron chi connectivity index (χ4n) is 3.89. The molecule has 0 aromatic heterocycles. The average Bonchev–Trinajstić information content (AvgIpc) is 2.64. The van der Waals surface area contributed by atoms with E-state index < -0.39 is 17.2 Å². The molecule has 2 aliphatic heterocycles. The van der Waals surface area contributed by atoms with Gasteiger partial charge in [-0.15, -0.1) is 0 Å². The molecule has 9 heteroatoms. The van der Waals surface area contributed by atoms with Gasteiger partial charge in [0.05, 0.1) is 13.2 Å². The van der Waals surface area contributed by atoms with Crippen molar-refractivity contribution in [2.24, 2.45) is 11.3 Å². The minimum absolute atomic E-state index is 0.0222. The second-order valence-corrected chi connectivity index (χ2v) is 10.2. The molecule has 3 N–H and O–H groups in total. The van der Waals surface area contributed by atoms with Gasteiger partial charge in [-0.2, -0.15) is 0 Å². The third-order valence-corrected chi connectivity index (χ3v) is 6.35. The molecule has 0 bridgehead atoms. The molecule has 2 unspecified atom stereocenters.